The van der Waals surface area contributed by atoms with Crippen LogP contribution in [0.4, 0.5) is 0 Å². The van der Waals surface area contributed by atoms with E-state index in [1.807, 2.05) is 38.2 Å². The number of aryl methyl sites for hydroxylation is 2. The van der Waals surface area contributed by atoms with Gasteiger partial charge in [-0.3, -0.25) is 4.79 Å². The molecule has 0 unspecified atom stereocenters. The van der Waals surface area contributed by atoms with Crippen LogP contribution < -0.4 is 5.32 Å². The van der Waals surface area contributed by atoms with E-state index in [1.54, 1.807) is 10.9 Å². The lowest BCUT2D eigenvalue weighted by molar-refractivity contribution is 0.0951. The molecule has 1 fully saturated rings. The summed E-state index contributed by atoms with van der Waals surface area (Å²) in [7, 11) is 0. The van der Waals surface area contributed by atoms with Crippen LogP contribution in [0.15, 0.2) is 30.6 Å². The van der Waals surface area contributed by atoms with Gasteiger partial charge in [-0.1, -0.05) is 17.4 Å². The van der Waals surface area contributed by atoms with E-state index in [2.05, 4.69) is 20.6 Å². The van der Waals surface area contributed by atoms with E-state index in [1.165, 1.54) is 11.3 Å². The van der Waals surface area contributed by atoms with E-state index in [0.29, 0.717) is 11.6 Å². The summed E-state index contributed by atoms with van der Waals surface area (Å²) >= 11 is 1.49. The third kappa shape index (κ3) is 2.94. The summed E-state index contributed by atoms with van der Waals surface area (Å²) in [5.41, 5.74) is 3.75. The highest BCUT2D eigenvalue weighted by molar-refractivity contribution is 7.13. The number of hydrogen-bond donors (Lipinski definition) is 1. The van der Waals surface area contributed by atoms with Gasteiger partial charge in [0, 0.05) is 23.4 Å². The van der Waals surface area contributed by atoms with Crippen molar-refractivity contribution < 1.29 is 4.79 Å². The van der Waals surface area contributed by atoms with Gasteiger partial charge in [-0.2, -0.15) is 5.10 Å². The number of carbonyl (C=O) groups excluding carboxylic acids is 1. The standard InChI is InChI=1S/C17H17N5OS/c1-10-3-4-12(16(23)19-14-5-6-14)7-15(10)13-8-18-22(9-13)17-21-20-11(2)24-17/h3-4,7-9,14H,5-6H2,1-2H3,(H,19,23). The summed E-state index contributed by atoms with van der Waals surface area (Å²) in [6.07, 6.45) is 5.88. The summed E-state index contributed by atoms with van der Waals surface area (Å²) in [4.78, 5) is 12.3. The number of benzene rings is 1. The molecule has 0 spiro atoms. The van der Waals surface area contributed by atoms with E-state index in [0.717, 1.165) is 39.7 Å². The summed E-state index contributed by atoms with van der Waals surface area (Å²) in [6.45, 7) is 3.95. The first kappa shape index (κ1) is 15.0. The van der Waals surface area contributed by atoms with Gasteiger partial charge in [0.05, 0.1) is 6.20 Å². The number of amides is 1. The molecule has 24 heavy (non-hydrogen) atoms. The quantitative estimate of drug-likeness (QED) is 0.793. The minimum absolute atomic E-state index is 0.00844. The lowest BCUT2D eigenvalue weighted by Crippen LogP contribution is -2.25. The molecule has 2 heterocycles. The number of nitrogens with one attached hydrogen (secondary N) is 1. The first-order chi connectivity index (χ1) is 11.6. The molecule has 0 radical (unpaired) electrons. The molecule has 1 aliphatic rings. The van der Waals surface area contributed by atoms with Crippen molar-refractivity contribution in [3.63, 3.8) is 0 Å². The molecule has 0 aliphatic heterocycles. The monoisotopic (exact) mass is 339 g/mol. The minimum atomic E-state index is -0.00844. The molecule has 1 aromatic carbocycles. The third-order valence-corrected chi connectivity index (χ3v) is 4.85. The van der Waals surface area contributed by atoms with Crippen LogP contribution in [0, 0.1) is 13.8 Å². The first-order valence-electron chi connectivity index (χ1n) is 7.87. The van der Waals surface area contributed by atoms with Gasteiger partial charge in [-0.05, 0) is 49.9 Å². The van der Waals surface area contributed by atoms with Crippen LogP contribution in [-0.4, -0.2) is 31.9 Å². The minimum Gasteiger partial charge on any atom is -0.349 e. The molecule has 2 aromatic heterocycles. The number of aromatic nitrogens is 4. The Hall–Kier alpha value is -2.54. The van der Waals surface area contributed by atoms with Crippen LogP contribution in [0.1, 0.15) is 33.8 Å². The smallest absolute Gasteiger partial charge is 0.251 e. The van der Waals surface area contributed by atoms with Crippen molar-refractivity contribution in [1.82, 2.24) is 25.3 Å². The number of hydrogen-bond acceptors (Lipinski definition) is 5. The molecule has 1 aliphatic carbocycles. The largest absolute Gasteiger partial charge is 0.349 e. The number of nitrogens with zero attached hydrogens (tertiary/aromatic N) is 4. The molecule has 7 heteroatoms. The molecular weight excluding hydrogens is 322 g/mol. The van der Waals surface area contributed by atoms with Crippen molar-refractivity contribution in [2.45, 2.75) is 32.7 Å². The van der Waals surface area contributed by atoms with Crippen molar-refractivity contribution in [2.75, 3.05) is 0 Å². The second-order valence-electron chi connectivity index (χ2n) is 6.05. The molecule has 6 nitrogen and oxygen atoms in total. The van der Waals surface area contributed by atoms with Crippen molar-refractivity contribution in [1.29, 1.82) is 0 Å². The Morgan fingerprint density at radius 3 is 2.83 bits per heavy atom. The fourth-order valence-corrected chi connectivity index (χ4v) is 3.14. The summed E-state index contributed by atoms with van der Waals surface area (Å²) in [5.74, 6) is -0.00844. The maximum absolute atomic E-state index is 12.3. The Kier molecular flexibility index (Phi) is 3.65. The first-order valence-corrected chi connectivity index (χ1v) is 8.69. The molecule has 1 amide bonds. The van der Waals surface area contributed by atoms with Gasteiger partial charge >= 0.3 is 0 Å². The van der Waals surface area contributed by atoms with E-state index < -0.39 is 0 Å². The maximum Gasteiger partial charge on any atom is 0.251 e. The topological polar surface area (TPSA) is 72.7 Å². The molecule has 0 saturated heterocycles. The fourth-order valence-electron chi connectivity index (χ4n) is 2.52. The average molecular weight is 339 g/mol. The number of rotatable bonds is 4. The predicted octanol–water partition coefficient (Wildman–Crippen LogP) is 2.90. The molecule has 1 saturated carbocycles. The highest BCUT2D eigenvalue weighted by Gasteiger charge is 2.24. The van der Waals surface area contributed by atoms with Crippen molar-refractivity contribution in [2.24, 2.45) is 0 Å². The van der Waals surface area contributed by atoms with Crippen LogP contribution in [0.2, 0.25) is 0 Å². The van der Waals surface area contributed by atoms with Crippen molar-refractivity contribution >= 4 is 17.2 Å². The second kappa shape index (κ2) is 5.83. The van der Waals surface area contributed by atoms with Crippen LogP contribution >= 0.6 is 11.3 Å². The van der Waals surface area contributed by atoms with Crippen LogP contribution in [0.5, 0.6) is 0 Å². The molecule has 0 atom stereocenters. The lowest BCUT2D eigenvalue weighted by Gasteiger charge is -2.08. The molecule has 4 rings (SSSR count). The zero-order valence-corrected chi connectivity index (χ0v) is 14.3. The molecule has 3 aromatic rings. The van der Waals surface area contributed by atoms with Crippen LogP contribution in [-0.2, 0) is 0 Å². The molecule has 1 N–H and O–H groups in total. The summed E-state index contributed by atoms with van der Waals surface area (Å²) < 4.78 is 1.72. The van der Waals surface area contributed by atoms with E-state index in [9.17, 15) is 4.79 Å². The van der Waals surface area contributed by atoms with Gasteiger partial charge in [0.1, 0.15) is 5.01 Å². The fraction of sp³-hybridized carbons (Fsp3) is 0.294. The van der Waals surface area contributed by atoms with Gasteiger partial charge in [-0.25, -0.2) is 4.68 Å². The highest BCUT2D eigenvalue weighted by atomic mass is 32.1. The van der Waals surface area contributed by atoms with Gasteiger partial charge in [-0.15, -0.1) is 10.2 Å². The predicted molar refractivity (Wildman–Crippen MR) is 92.4 cm³/mol. The number of carbonyl (C=O) groups is 1. The third-order valence-electron chi connectivity index (χ3n) is 4.02. The van der Waals surface area contributed by atoms with E-state index in [4.69, 9.17) is 0 Å². The maximum atomic E-state index is 12.3. The van der Waals surface area contributed by atoms with Crippen molar-refractivity contribution in [3.8, 4) is 16.3 Å². The molecular formula is C17H17N5OS. The van der Waals surface area contributed by atoms with Crippen molar-refractivity contribution in [3.05, 3.63) is 46.7 Å². The average Bonchev–Trinajstić information content (AvgIpc) is 3.07. The SMILES string of the molecule is Cc1nnc(-n2cc(-c3cc(C(=O)NC4CC4)ccc3C)cn2)s1. The summed E-state index contributed by atoms with van der Waals surface area (Å²) in [6, 6.07) is 6.13. The Bertz CT molecular complexity index is 909. The van der Waals surface area contributed by atoms with Gasteiger partial charge in [0.25, 0.3) is 5.91 Å². The Morgan fingerprint density at radius 2 is 2.12 bits per heavy atom. The molecule has 0 bridgehead atoms. The zero-order valence-electron chi connectivity index (χ0n) is 13.5. The van der Waals surface area contributed by atoms with E-state index in [-0.39, 0.29) is 5.91 Å². The Labute approximate surface area is 143 Å². The second-order valence-corrected chi connectivity index (χ2v) is 7.21. The molecule has 122 valence electrons. The van der Waals surface area contributed by atoms with E-state index >= 15 is 0 Å². The Balaban J connectivity index is 1.65. The Morgan fingerprint density at radius 1 is 1.29 bits per heavy atom. The van der Waals surface area contributed by atoms with Crippen LogP contribution in [0.25, 0.3) is 16.3 Å². The lowest BCUT2D eigenvalue weighted by atomic mass is 10.0. The van der Waals surface area contributed by atoms with Gasteiger partial charge in [0.15, 0.2) is 0 Å². The zero-order chi connectivity index (χ0) is 16.7. The highest BCUT2D eigenvalue weighted by Crippen LogP contribution is 2.26. The van der Waals surface area contributed by atoms with Crippen LogP contribution in [0.3, 0.4) is 0 Å². The van der Waals surface area contributed by atoms with Gasteiger partial charge in [0.2, 0.25) is 5.13 Å². The normalized spacial score (nSPS) is 13.9. The van der Waals surface area contributed by atoms with Gasteiger partial charge < -0.3 is 5.32 Å². The summed E-state index contributed by atoms with van der Waals surface area (Å²) in [5, 5.41) is 17.2.